The van der Waals surface area contributed by atoms with Crippen molar-refractivity contribution in [3.63, 3.8) is 0 Å². The zero-order valence-corrected chi connectivity index (χ0v) is 28.7. The predicted molar refractivity (Wildman–Crippen MR) is 180 cm³/mol. The summed E-state index contributed by atoms with van der Waals surface area (Å²) < 4.78 is 32.2. The molecule has 0 aromatic carbocycles. The molecule has 0 aromatic heterocycles. The van der Waals surface area contributed by atoms with Gasteiger partial charge in [0.25, 0.3) is 10.1 Å². The van der Waals surface area contributed by atoms with E-state index in [1.54, 1.807) is 0 Å². The first-order chi connectivity index (χ1) is 20.3. The molecule has 2 atom stereocenters. The third-order valence-electron chi connectivity index (χ3n) is 8.56. The van der Waals surface area contributed by atoms with E-state index in [-0.39, 0.29) is 5.91 Å². The molecule has 0 heterocycles. The zero-order chi connectivity index (χ0) is 31.2. The minimum Gasteiger partial charge on any atom is -0.391 e. The van der Waals surface area contributed by atoms with Crippen LogP contribution in [0.1, 0.15) is 200 Å². The number of amides is 1. The van der Waals surface area contributed by atoms with Gasteiger partial charge in [-0.05, 0) is 12.8 Å². The van der Waals surface area contributed by atoms with Crippen LogP contribution in [0.25, 0.3) is 0 Å². The molecule has 0 fully saturated rings. The lowest BCUT2D eigenvalue weighted by Gasteiger charge is -2.23. The fourth-order valence-electron chi connectivity index (χ4n) is 5.81. The van der Waals surface area contributed by atoms with Crippen LogP contribution in [0, 0.1) is 0 Å². The lowest BCUT2D eigenvalue weighted by atomic mass is 10.0. The van der Waals surface area contributed by atoms with E-state index in [4.69, 9.17) is 0 Å². The van der Waals surface area contributed by atoms with E-state index in [0.717, 1.165) is 38.5 Å². The van der Waals surface area contributed by atoms with E-state index in [0.29, 0.717) is 12.8 Å². The van der Waals surface area contributed by atoms with Crippen LogP contribution >= 0.6 is 0 Å². The van der Waals surface area contributed by atoms with E-state index in [9.17, 15) is 22.9 Å². The van der Waals surface area contributed by atoms with E-state index >= 15 is 0 Å². The second-order valence-corrected chi connectivity index (χ2v) is 14.4. The SMILES string of the molecule is CCCCCCCCCCCCCCCCCCCCCCC(=O)NC(CS(=O)(=O)O)C(O)CCCCCCCCC. The van der Waals surface area contributed by atoms with Crippen LogP contribution in [0.3, 0.4) is 0 Å². The smallest absolute Gasteiger partial charge is 0.266 e. The first-order valence-corrected chi connectivity index (χ1v) is 19.8. The second kappa shape index (κ2) is 30.4. The van der Waals surface area contributed by atoms with Gasteiger partial charge in [-0.1, -0.05) is 181 Å². The molecule has 0 aliphatic carbocycles. The summed E-state index contributed by atoms with van der Waals surface area (Å²) in [5.74, 6) is -0.889. The van der Waals surface area contributed by atoms with Crippen LogP contribution in [0.15, 0.2) is 0 Å². The number of carbonyl (C=O) groups excluding carboxylic acids is 1. The highest BCUT2D eigenvalue weighted by atomic mass is 32.2. The first-order valence-electron chi connectivity index (χ1n) is 18.2. The largest absolute Gasteiger partial charge is 0.391 e. The summed E-state index contributed by atoms with van der Waals surface area (Å²) in [6.07, 6.45) is 33.6. The normalized spacial score (nSPS) is 13.3. The van der Waals surface area contributed by atoms with Crippen molar-refractivity contribution in [3.8, 4) is 0 Å². The Morgan fingerprint density at radius 2 is 0.857 bits per heavy atom. The van der Waals surface area contributed by atoms with Crippen molar-refractivity contribution < 1.29 is 22.9 Å². The number of aliphatic hydroxyl groups excluding tert-OH is 1. The van der Waals surface area contributed by atoms with E-state index in [1.807, 2.05) is 0 Å². The van der Waals surface area contributed by atoms with Crippen LogP contribution < -0.4 is 5.32 Å². The Morgan fingerprint density at radius 1 is 0.548 bits per heavy atom. The molecule has 0 rings (SSSR count). The molecule has 2 unspecified atom stereocenters. The van der Waals surface area contributed by atoms with Crippen LogP contribution in [0.2, 0.25) is 0 Å². The number of rotatable bonds is 33. The van der Waals surface area contributed by atoms with Crippen molar-refractivity contribution in [1.82, 2.24) is 5.32 Å². The average molecular weight is 618 g/mol. The summed E-state index contributed by atoms with van der Waals surface area (Å²) in [5, 5.41) is 13.2. The molecule has 0 spiro atoms. The molecule has 0 radical (unpaired) electrons. The lowest BCUT2D eigenvalue weighted by molar-refractivity contribution is -0.122. The van der Waals surface area contributed by atoms with Gasteiger partial charge < -0.3 is 10.4 Å². The first kappa shape index (κ1) is 41.3. The zero-order valence-electron chi connectivity index (χ0n) is 27.9. The summed E-state index contributed by atoms with van der Waals surface area (Å²) in [5.41, 5.74) is 0. The Balaban J connectivity index is 3.73. The average Bonchev–Trinajstić information content (AvgIpc) is 2.94. The highest BCUT2D eigenvalue weighted by Gasteiger charge is 2.26. The maximum Gasteiger partial charge on any atom is 0.266 e. The molecule has 252 valence electrons. The Hall–Kier alpha value is -0.660. The molecule has 7 heteroatoms. The molecular formula is C35H71NO5S. The predicted octanol–water partition coefficient (Wildman–Crippen LogP) is 10.1. The second-order valence-electron chi connectivity index (χ2n) is 12.9. The molecule has 0 saturated carbocycles. The van der Waals surface area contributed by atoms with Gasteiger partial charge in [0.15, 0.2) is 0 Å². The van der Waals surface area contributed by atoms with Crippen molar-refractivity contribution in [2.75, 3.05) is 5.75 Å². The summed E-state index contributed by atoms with van der Waals surface area (Å²) in [6, 6.07) is -0.960. The monoisotopic (exact) mass is 618 g/mol. The Morgan fingerprint density at radius 3 is 1.19 bits per heavy atom. The van der Waals surface area contributed by atoms with Crippen molar-refractivity contribution in [1.29, 1.82) is 0 Å². The van der Waals surface area contributed by atoms with E-state index in [2.05, 4.69) is 19.2 Å². The van der Waals surface area contributed by atoms with Crippen LogP contribution in [-0.4, -0.2) is 41.9 Å². The van der Waals surface area contributed by atoms with Crippen molar-refractivity contribution in [3.05, 3.63) is 0 Å². The van der Waals surface area contributed by atoms with Gasteiger partial charge >= 0.3 is 0 Å². The maximum absolute atomic E-state index is 12.4. The Labute approximate surface area is 261 Å². The summed E-state index contributed by atoms with van der Waals surface area (Å²) in [7, 11) is -4.29. The highest BCUT2D eigenvalue weighted by molar-refractivity contribution is 7.85. The van der Waals surface area contributed by atoms with Gasteiger partial charge in [0.05, 0.1) is 17.9 Å². The quantitative estimate of drug-likeness (QED) is 0.0502. The lowest BCUT2D eigenvalue weighted by Crippen LogP contribution is -2.47. The topological polar surface area (TPSA) is 104 Å². The van der Waals surface area contributed by atoms with Crippen molar-refractivity contribution in [2.24, 2.45) is 0 Å². The molecule has 6 nitrogen and oxygen atoms in total. The maximum atomic E-state index is 12.4. The molecule has 0 aromatic rings. The van der Waals surface area contributed by atoms with Gasteiger partial charge in [0.2, 0.25) is 5.91 Å². The number of unbranched alkanes of at least 4 members (excludes halogenated alkanes) is 25. The van der Waals surface area contributed by atoms with E-state index < -0.39 is 28.0 Å². The van der Waals surface area contributed by atoms with Gasteiger partial charge in [0, 0.05) is 6.42 Å². The Bertz CT molecular complexity index is 685. The van der Waals surface area contributed by atoms with Crippen LogP contribution in [0.5, 0.6) is 0 Å². The van der Waals surface area contributed by atoms with Crippen LogP contribution in [-0.2, 0) is 14.9 Å². The summed E-state index contributed by atoms with van der Waals surface area (Å²) in [6.45, 7) is 4.46. The van der Waals surface area contributed by atoms with E-state index in [1.165, 1.54) is 135 Å². The molecule has 3 N–H and O–H groups in total. The van der Waals surface area contributed by atoms with Crippen molar-refractivity contribution in [2.45, 2.75) is 212 Å². The molecular weight excluding hydrogens is 546 g/mol. The number of hydrogen-bond acceptors (Lipinski definition) is 4. The molecule has 0 aliphatic rings. The molecule has 42 heavy (non-hydrogen) atoms. The standard InChI is InChI=1S/C35H71NO5S/c1-3-5-7-9-11-12-13-14-15-16-17-18-19-20-21-22-23-25-27-29-31-35(38)36-33(32-42(39,40)41)34(37)30-28-26-24-10-8-6-4-2/h33-34,37H,3-32H2,1-2H3,(H,36,38)(H,39,40,41). The van der Waals surface area contributed by atoms with Gasteiger partial charge in [-0.3, -0.25) is 9.35 Å². The fraction of sp³-hybridized carbons (Fsp3) is 0.971. The summed E-state index contributed by atoms with van der Waals surface area (Å²) in [4.78, 5) is 12.4. The number of nitrogens with one attached hydrogen (secondary N) is 1. The highest BCUT2D eigenvalue weighted by Crippen LogP contribution is 2.16. The third-order valence-corrected chi connectivity index (χ3v) is 9.34. The van der Waals surface area contributed by atoms with Gasteiger partial charge in [-0.25, -0.2) is 0 Å². The minimum absolute atomic E-state index is 0.246. The minimum atomic E-state index is -4.29. The molecule has 1 amide bonds. The van der Waals surface area contributed by atoms with Crippen LogP contribution in [0.4, 0.5) is 0 Å². The number of aliphatic hydroxyl groups is 1. The molecule has 0 bridgehead atoms. The third kappa shape index (κ3) is 30.8. The molecule has 0 aliphatic heterocycles. The number of carbonyl (C=O) groups is 1. The number of hydrogen-bond donors (Lipinski definition) is 3. The Kier molecular flexibility index (Phi) is 29.9. The van der Waals surface area contributed by atoms with Gasteiger partial charge in [0.1, 0.15) is 0 Å². The van der Waals surface area contributed by atoms with Gasteiger partial charge in [-0.15, -0.1) is 0 Å². The van der Waals surface area contributed by atoms with Gasteiger partial charge in [-0.2, -0.15) is 8.42 Å². The molecule has 0 saturated heterocycles. The van der Waals surface area contributed by atoms with Crippen molar-refractivity contribution >= 4 is 16.0 Å². The fourth-order valence-corrected chi connectivity index (χ4v) is 6.57. The summed E-state index contributed by atoms with van der Waals surface area (Å²) >= 11 is 0.